The van der Waals surface area contributed by atoms with E-state index in [2.05, 4.69) is 5.32 Å². The topological polar surface area (TPSA) is 84.9 Å². The lowest BCUT2D eigenvalue weighted by atomic mass is 9.90. The molecular formula is C14H25NO5. The third-order valence-corrected chi connectivity index (χ3v) is 3.05. The first-order valence-corrected chi connectivity index (χ1v) is 7.10. The summed E-state index contributed by atoms with van der Waals surface area (Å²) in [6, 6.07) is -0.413. The number of nitrogens with one attached hydrogen (secondary N) is 1. The zero-order valence-corrected chi connectivity index (χ0v) is 12.6. The second kappa shape index (κ2) is 6.92. The summed E-state index contributed by atoms with van der Waals surface area (Å²) >= 11 is 0. The van der Waals surface area contributed by atoms with Crippen LogP contribution in [-0.2, 0) is 14.3 Å². The number of aliphatic hydroxyl groups is 1. The third-order valence-electron chi connectivity index (χ3n) is 3.05. The molecule has 1 saturated carbocycles. The average molecular weight is 287 g/mol. The van der Waals surface area contributed by atoms with E-state index in [1.807, 2.05) is 0 Å². The molecule has 0 aliphatic heterocycles. The summed E-state index contributed by atoms with van der Waals surface area (Å²) < 4.78 is 10.4. The van der Waals surface area contributed by atoms with E-state index in [-0.39, 0.29) is 12.4 Å². The van der Waals surface area contributed by atoms with Gasteiger partial charge >= 0.3 is 12.1 Å². The average Bonchev–Trinajstić information content (AvgIpc) is 2.30. The highest BCUT2D eigenvalue weighted by atomic mass is 16.6. The Kier molecular flexibility index (Phi) is 5.80. The minimum Gasteiger partial charge on any atom is -0.457 e. The smallest absolute Gasteiger partial charge is 0.408 e. The molecule has 0 spiro atoms. The number of rotatable bonds is 3. The maximum Gasteiger partial charge on any atom is 0.408 e. The Bertz CT molecular complexity index is 350. The van der Waals surface area contributed by atoms with Crippen molar-refractivity contribution in [3.8, 4) is 0 Å². The Hall–Kier alpha value is -1.30. The second-order valence-electron chi connectivity index (χ2n) is 6.06. The predicted molar refractivity (Wildman–Crippen MR) is 73.2 cm³/mol. The van der Waals surface area contributed by atoms with E-state index in [1.165, 1.54) is 0 Å². The summed E-state index contributed by atoms with van der Waals surface area (Å²) in [4.78, 5) is 23.2. The van der Waals surface area contributed by atoms with Gasteiger partial charge in [-0.25, -0.2) is 4.79 Å². The Morgan fingerprint density at radius 3 is 2.50 bits per heavy atom. The second-order valence-corrected chi connectivity index (χ2v) is 6.06. The van der Waals surface area contributed by atoms with Crippen LogP contribution in [0.5, 0.6) is 0 Å². The molecule has 2 N–H and O–H groups in total. The molecule has 0 aromatic rings. The number of carbonyl (C=O) groups excluding carboxylic acids is 2. The molecule has 0 saturated heterocycles. The van der Waals surface area contributed by atoms with Crippen LogP contribution in [0.15, 0.2) is 0 Å². The zero-order valence-electron chi connectivity index (χ0n) is 12.6. The first-order chi connectivity index (χ1) is 9.23. The first-order valence-electron chi connectivity index (χ1n) is 7.10. The molecule has 3 unspecified atom stereocenters. The number of hydrogen-bond acceptors (Lipinski definition) is 5. The highest BCUT2D eigenvalue weighted by molar-refractivity contribution is 5.70. The molecule has 0 aromatic heterocycles. The molecule has 116 valence electrons. The summed E-state index contributed by atoms with van der Waals surface area (Å²) in [5.41, 5.74) is -0.590. The van der Waals surface area contributed by atoms with Gasteiger partial charge in [0.2, 0.25) is 0 Å². The number of ether oxygens (including phenoxy) is 2. The summed E-state index contributed by atoms with van der Waals surface area (Å²) in [6.45, 7) is 7.01. The van der Waals surface area contributed by atoms with Crippen molar-refractivity contribution >= 4 is 12.1 Å². The molecule has 0 radical (unpaired) electrons. The lowest BCUT2D eigenvalue weighted by Gasteiger charge is -2.35. The van der Waals surface area contributed by atoms with Crippen LogP contribution >= 0.6 is 0 Å². The fraction of sp³-hybridized carbons (Fsp3) is 0.857. The lowest BCUT2D eigenvalue weighted by Crippen LogP contribution is -2.53. The van der Waals surface area contributed by atoms with Crippen molar-refractivity contribution in [1.29, 1.82) is 0 Å². The Balaban J connectivity index is 2.64. The molecule has 6 nitrogen and oxygen atoms in total. The highest BCUT2D eigenvalue weighted by Gasteiger charge is 2.36. The van der Waals surface area contributed by atoms with Crippen LogP contribution in [0.3, 0.4) is 0 Å². The van der Waals surface area contributed by atoms with Crippen LogP contribution in [0.2, 0.25) is 0 Å². The van der Waals surface area contributed by atoms with Crippen LogP contribution in [0, 0.1) is 0 Å². The van der Waals surface area contributed by atoms with Gasteiger partial charge in [0, 0.05) is 6.42 Å². The Morgan fingerprint density at radius 2 is 1.95 bits per heavy atom. The van der Waals surface area contributed by atoms with Crippen molar-refractivity contribution in [2.45, 2.75) is 77.2 Å². The molecule has 1 rings (SSSR count). The van der Waals surface area contributed by atoms with Gasteiger partial charge in [0.15, 0.2) is 0 Å². The minimum atomic E-state index is -0.751. The molecule has 3 atom stereocenters. The number of hydrogen-bond donors (Lipinski definition) is 2. The first kappa shape index (κ1) is 16.8. The van der Waals surface area contributed by atoms with Crippen molar-refractivity contribution < 1.29 is 24.2 Å². The van der Waals surface area contributed by atoms with Crippen molar-refractivity contribution in [3.63, 3.8) is 0 Å². The van der Waals surface area contributed by atoms with Crippen LogP contribution in [-0.4, -0.2) is 41.0 Å². The monoisotopic (exact) mass is 287 g/mol. The maximum atomic E-state index is 11.8. The molecule has 1 amide bonds. The minimum absolute atomic E-state index is 0.238. The number of esters is 1. The van der Waals surface area contributed by atoms with Gasteiger partial charge in [-0.1, -0.05) is 6.92 Å². The normalized spacial score (nSPS) is 26.8. The summed E-state index contributed by atoms with van der Waals surface area (Å²) in [6.07, 6.45) is 0.202. The molecule has 6 heteroatoms. The summed E-state index contributed by atoms with van der Waals surface area (Å²) in [5, 5.41) is 12.6. The number of aliphatic hydroxyl groups excluding tert-OH is 1. The van der Waals surface area contributed by atoms with E-state index in [0.717, 1.165) is 6.42 Å². The van der Waals surface area contributed by atoms with E-state index in [4.69, 9.17) is 9.47 Å². The van der Waals surface area contributed by atoms with Gasteiger partial charge in [-0.3, -0.25) is 4.79 Å². The zero-order chi connectivity index (χ0) is 15.3. The standard InChI is InChI=1S/C14H25NO5/c1-5-11(17)19-12-9(7-6-8-10(12)16)15-13(18)20-14(2,3)4/h9-10,12,16H,5-8H2,1-4H3,(H,15,18). The number of carbonyl (C=O) groups is 2. The van der Waals surface area contributed by atoms with Crippen LogP contribution < -0.4 is 5.32 Å². The maximum absolute atomic E-state index is 11.8. The molecule has 0 bridgehead atoms. The quantitative estimate of drug-likeness (QED) is 0.772. The fourth-order valence-electron chi connectivity index (χ4n) is 2.15. The van der Waals surface area contributed by atoms with Gasteiger partial charge in [-0.15, -0.1) is 0 Å². The molecular weight excluding hydrogens is 262 g/mol. The number of amides is 1. The highest BCUT2D eigenvalue weighted by Crippen LogP contribution is 2.23. The largest absolute Gasteiger partial charge is 0.457 e. The van der Waals surface area contributed by atoms with E-state index in [0.29, 0.717) is 12.8 Å². The van der Waals surface area contributed by atoms with Crippen LogP contribution in [0.25, 0.3) is 0 Å². The van der Waals surface area contributed by atoms with E-state index in [9.17, 15) is 14.7 Å². The SMILES string of the molecule is CCC(=O)OC1C(O)CCCC1NC(=O)OC(C)(C)C. The molecule has 20 heavy (non-hydrogen) atoms. The van der Waals surface area contributed by atoms with Gasteiger partial charge in [-0.2, -0.15) is 0 Å². The van der Waals surface area contributed by atoms with Gasteiger partial charge in [0.1, 0.15) is 11.7 Å². The van der Waals surface area contributed by atoms with Crippen molar-refractivity contribution in [1.82, 2.24) is 5.32 Å². The van der Waals surface area contributed by atoms with E-state index >= 15 is 0 Å². The molecule has 1 fully saturated rings. The molecule has 1 aliphatic carbocycles. The molecule has 0 aromatic carbocycles. The van der Waals surface area contributed by atoms with Crippen molar-refractivity contribution in [3.05, 3.63) is 0 Å². The Morgan fingerprint density at radius 1 is 1.30 bits per heavy atom. The van der Waals surface area contributed by atoms with Gasteiger partial charge < -0.3 is 19.9 Å². The van der Waals surface area contributed by atoms with Crippen LogP contribution in [0.1, 0.15) is 53.4 Å². The van der Waals surface area contributed by atoms with Crippen LogP contribution in [0.4, 0.5) is 4.79 Å². The van der Waals surface area contributed by atoms with Gasteiger partial charge in [0.25, 0.3) is 0 Å². The van der Waals surface area contributed by atoms with Gasteiger partial charge in [-0.05, 0) is 40.0 Å². The van der Waals surface area contributed by atoms with Crippen molar-refractivity contribution in [2.24, 2.45) is 0 Å². The van der Waals surface area contributed by atoms with Crippen molar-refractivity contribution in [2.75, 3.05) is 0 Å². The lowest BCUT2D eigenvalue weighted by molar-refractivity contribution is -0.159. The Labute approximate surface area is 119 Å². The van der Waals surface area contributed by atoms with E-state index in [1.54, 1.807) is 27.7 Å². The fourth-order valence-corrected chi connectivity index (χ4v) is 2.15. The van der Waals surface area contributed by atoms with E-state index < -0.39 is 29.9 Å². The molecule has 1 aliphatic rings. The summed E-state index contributed by atoms with van der Waals surface area (Å²) in [5.74, 6) is -0.382. The molecule has 0 heterocycles. The third kappa shape index (κ3) is 5.36. The predicted octanol–water partition coefficient (Wildman–Crippen LogP) is 1.75. The summed E-state index contributed by atoms with van der Waals surface area (Å²) in [7, 11) is 0. The van der Waals surface area contributed by atoms with Gasteiger partial charge in [0.05, 0.1) is 12.1 Å². The number of alkyl carbamates (subject to hydrolysis) is 1.